The van der Waals surface area contributed by atoms with Crippen molar-refractivity contribution in [3.05, 3.63) is 53.5 Å². The Balaban J connectivity index is 2.16. The molecule has 0 bridgehead atoms. The summed E-state index contributed by atoms with van der Waals surface area (Å²) in [6.07, 6.45) is 1.39. The van der Waals surface area contributed by atoms with Gasteiger partial charge in [0.2, 0.25) is 5.88 Å². The highest BCUT2D eigenvalue weighted by molar-refractivity contribution is 5.96. The maximum absolute atomic E-state index is 13.5. The van der Waals surface area contributed by atoms with E-state index in [1.165, 1.54) is 18.3 Å². The van der Waals surface area contributed by atoms with E-state index in [2.05, 4.69) is 4.98 Å². The van der Waals surface area contributed by atoms with Crippen LogP contribution in [-0.2, 0) is 11.3 Å². The Morgan fingerprint density at radius 1 is 1.33 bits per heavy atom. The van der Waals surface area contributed by atoms with Crippen molar-refractivity contribution in [2.24, 2.45) is 0 Å². The lowest BCUT2D eigenvalue weighted by Crippen LogP contribution is -2.10. The molecule has 0 aliphatic carbocycles. The minimum Gasteiger partial charge on any atom is -0.471 e. The lowest BCUT2D eigenvalue weighted by atomic mass is 10.2. The van der Waals surface area contributed by atoms with Gasteiger partial charge in [-0.15, -0.1) is 0 Å². The van der Waals surface area contributed by atoms with Gasteiger partial charge >= 0.3 is 5.97 Å². The second-order valence-corrected chi connectivity index (χ2v) is 4.18. The van der Waals surface area contributed by atoms with Gasteiger partial charge in [-0.3, -0.25) is 0 Å². The lowest BCUT2D eigenvalue weighted by Gasteiger charge is -2.11. The molecule has 0 amide bonds. The summed E-state index contributed by atoms with van der Waals surface area (Å²) in [6.45, 7) is 1.91. The molecule has 0 saturated carbocycles. The van der Waals surface area contributed by atoms with Crippen LogP contribution in [0, 0.1) is 5.82 Å². The Bertz CT molecular complexity index is 647. The highest BCUT2D eigenvalue weighted by atomic mass is 19.1. The summed E-state index contributed by atoms with van der Waals surface area (Å²) in [6, 6.07) is 7.68. The van der Waals surface area contributed by atoms with Crippen LogP contribution in [0.15, 0.2) is 36.5 Å². The zero-order chi connectivity index (χ0) is 15.2. The normalized spacial score (nSPS) is 10.2. The van der Waals surface area contributed by atoms with Gasteiger partial charge in [-0.1, -0.05) is 18.2 Å². The number of rotatable bonds is 5. The minimum absolute atomic E-state index is 0.0316. The Kier molecular flexibility index (Phi) is 4.71. The first kappa shape index (κ1) is 14.8. The molecule has 0 aliphatic heterocycles. The van der Waals surface area contributed by atoms with Crippen molar-refractivity contribution in [2.75, 3.05) is 12.3 Å². The van der Waals surface area contributed by atoms with Crippen molar-refractivity contribution >= 4 is 11.7 Å². The van der Waals surface area contributed by atoms with Gasteiger partial charge in [-0.05, 0) is 19.1 Å². The number of nitrogen functional groups attached to an aromatic ring is 1. The van der Waals surface area contributed by atoms with Gasteiger partial charge in [0.1, 0.15) is 18.1 Å². The van der Waals surface area contributed by atoms with Crippen molar-refractivity contribution in [1.82, 2.24) is 4.98 Å². The first-order valence-electron chi connectivity index (χ1n) is 6.41. The number of pyridine rings is 1. The Hall–Kier alpha value is -2.63. The monoisotopic (exact) mass is 290 g/mol. The topological polar surface area (TPSA) is 74.4 Å². The number of halogens is 1. The predicted octanol–water partition coefficient (Wildman–Crippen LogP) is 2.56. The molecule has 1 aromatic heterocycles. The molecule has 6 heteroatoms. The van der Waals surface area contributed by atoms with Gasteiger partial charge in [0.05, 0.1) is 12.2 Å². The molecule has 2 aromatic rings. The number of hydrogen-bond donors (Lipinski definition) is 1. The maximum Gasteiger partial charge on any atom is 0.340 e. The molecule has 0 unspecified atom stereocenters. The van der Waals surface area contributed by atoms with Gasteiger partial charge < -0.3 is 15.2 Å². The fraction of sp³-hybridized carbons (Fsp3) is 0.200. The SMILES string of the molecule is CCOC(=O)c1ccnc(OCc2ccccc2F)c1N. The van der Waals surface area contributed by atoms with E-state index in [9.17, 15) is 9.18 Å². The Labute approximate surface area is 121 Å². The molecule has 0 fully saturated rings. The van der Waals surface area contributed by atoms with E-state index >= 15 is 0 Å². The van der Waals surface area contributed by atoms with Crippen molar-refractivity contribution < 1.29 is 18.7 Å². The largest absolute Gasteiger partial charge is 0.471 e. The number of carbonyl (C=O) groups is 1. The number of nitrogens with two attached hydrogens (primary N) is 1. The van der Waals surface area contributed by atoms with Gasteiger partial charge in [0.15, 0.2) is 0 Å². The molecule has 1 aromatic carbocycles. The molecule has 2 N–H and O–H groups in total. The standard InChI is InChI=1S/C15H15FN2O3/c1-2-20-15(19)11-7-8-18-14(13(11)17)21-9-10-5-3-4-6-12(10)16/h3-8H,2,9,17H2,1H3. The van der Waals surface area contributed by atoms with E-state index in [-0.39, 0.29) is 36.2 Å². The highest BCUT2D eigenvalue weighted by Crippen LogP contribution is 2.24. The zero-order valence-electron chi connectivity index (χ0n) is 11.5. The zero-order valence-corrected chi connectivity index (χ0v) is 11.5. The third-order valence-corrected chi connectivity index (χ3v) is 2.77. The average molecular weight is 290 g/mol. The fourth-order valence-electron chi connectivity index (χ4n) is 1.72. The Morgan fingerprint density at radius 2 is 2.10 bits per heavy atom. The summed E-state index contributed by atoms with van der Waals surface area (Å²) in [5.74, 6) is -0.852. The summed E-state index contributed by atoms with van der Waals surface area (Å²) in [7, 11) is 0. The number of benzene rings is 1. The Morgan fingerprint density at radius 3 is 2.81 bits per heavy atom. The van der Waals surface area contributed by atoms with Crippen LogP contribution in [0.5, 0.6) is 5.88 Å². The van der Waals surface area contributed by atoms with Crippen molar-refractivity contribution in [3.63, 3.8) is 0 Å². The molecule has 0 saturated heterocycles. The summed E-state index contributed by atoms with van der Waals surface area (Å²) in [5, 5.41) is 0. The van der Waals surface area contributed by atoms with E-state index in [0.29, 0.717) is 5.56 Å². The first-order chi connectivity index (χ1) is 10.1. The first-order valence-corrected chi connectivity index (χ1v) is 6.41. The molecular formula is C15H15FN2O3. The molecule has 110 valence electrons. The molecule has 0 radical (unpaired) electrons. The van der Waals surface area contributed by atoms with Crippen LogP contribution < -0.4 is 10.5 Å². The smallest absolute Gasteiger partial charge is 0.340 e. The van der Waals surface area contributed by atoms with E-state index in [1.807, 2.05) is 0 Å². The van der Waals surface area contributed by atoms with Gasteiger partial charge in [0.25, 0.3) is 0 Å². The molecule has 5 nitrogen and oxygen atoms in total. The van der Waals surface area contributed by atoms with E-state index in [1.54, 1.807) is 25.1 Å². The number of ether oxygens (including phenoxy) is 2. The second-order valence-electron chi connectivity index (χ2n) is 4.18. The van der Waals surface area contributed by atoms with Crippen LogP contribution in [0.2, 0.25) is 0 Å². The molecular weight excluding hydrogens is 275 g/mol. The van der Waals surface area contributed by atoms with Crippen LogP contribution in [0.1, 0.15) is 22.8 Å². The number of hydrogen-bond acceptors (Lipinski definition) is 5. The minimum atomic E-state index is -0.548. The summed E-state index contributed by atoms with van der Waals surface area (Å²) in [5.41, 5.74) is 6.46. The second kappa shape index (κ2) is 6.69. The number of anilines is 1. The van der Waals surface area contributed by atoms with E-state index in [0.717, 1.165) is 0 Å². The number of aromatic nitrogens is 1. The molecule has 0 spiro atoms. The summed E-state index contributed by atoms with van der Waals surface area (Å²) in [4.78, 5) is 15.6. The molecule has 1 heterocycles. The van der Waals surface area contributed by atoms with Gasteiger partial charge in [-0.2, -0.15) is 0 Å². The lowest BCUT2D eigenvalue weighted by molar-refractivity contribution is 0.0527. The average Bonchev–Trinajstić information content (AvgIpc) is 2.48. The number of nitrogens with zero attached hydrogens (tertiary/aromatic N) is 1. The van der Waals surface area contributed by atoms with Crippen molar-refractivity contribution in [1.29, 1.82) is 0 Å². The van der Waals surface area contributed by atoms with Crippen LogP contribution >= 0.6 is 0 Å². The van der Waals surface area contributed by atoms with Crippen molar-refractivity contribution in [2.45, 2.75) is 13.5 Å². The van der Waals surface area contributed by atoms with Gasteiger partial charge in [0, 0.05) is 11.8 Å². The van der Waals surface area contributed by atoms with Crippen LogP contribution in [-0.4, -0.2) is 17.6 Å². The molecule has 0 atom stereocenters. The fourth-order valence-corrected chi connectivity index (χ4v) is 1.72. The molecule has 0 aliphatic rings. The van der Waals surface area contributed by atoms with Crippen LogP contribution in [0.4, 0.5) is 10.1 Å². The van der Waals surface area contributed by atoms with Gasteiger partial charge in [-0.25, -0.2) is 14.2 Å². The summed E-state index contributed by atoms with van der Waals surface area (Å²) < 4.78 is 23.8. The van der Waals surface area contributed by atoms with E-state index in [4.69, 9.17) is 15.2 Å². The predicted molar refractivity (Wildman–Crippen MR) is 75.3 cm³/mol. The highest BCUT2D eigenvalue weighted by Gasteiger charge is 2.15. The number of carbonyl (C=O) groups excluding carboxylic acids is 1. The number of esters is 1. The molecule has 21 heavy (non-hydrogen) atoms. The molecule has 2 rings (SSSR count). The summed E-state index contributed by atoms with van der Waals surface area (Å²) >= 11 is 0. The quantitative estimate of drug-likeness (QED) is 0.857. The third-order valence-electron chi connectivity index (χ3n) is 2.77. The van der Waals surface area contributed by atoms with E-state index < -0.39 is 5.97 Å². The van der Waals surface area contributed by atoms with Crippen LogP contribution in [0.3, 0.4) is 0 Å². The van der Waals surface area contributed by atoms with Crippen LogP contribution in [0.25, 0.3) is 0 Å². The van der Waals surface area contributed by atoms with Crippen molar-refractivity contribution in [3.8, 4) is 5.88 Å². The third kappa shape index (κ3) is 3.47. The maximum atomic E-state index is 13.5.